The highest BCUT2D eigenvalue weighted by atomic mass is 19.4. The van der Waals surface area contributed by atoms with Crippen molar-refractivity contribution in [2.75, 3.05) is 18.5 Å². The summed E-state index contributed by atoms with van der Waals surface area (Å²) in [6, 6.07) is 3.83. The van der Waals surface area contributed by atoms with Crippen molar-refractivity contribution in [1.29, 1.82) is 0 Å². The Labute approximate surface area is 103 Å². The van der Waals surface area contributed by atoms with Gasteiger partial charge < -0.3 is 10.2 Å². The van der Waals surface area contributed by atoms with Crippen molar-refractivity contribution in [2.45, 2.75) is 31.6 Å². The highest BCUT2D eigenvalue weighted by molar-refractivity contribution is 5.36. The van der Waals surface area contributed by atoms with Gasteiger partial charge in [0.05, 0.1) is 5.69 Å². The lowest BCUT2D eigenvalue weighted by atomic mass is 10.3. The number of rotatable bonds is 5. The lowest BCUT2D eigenvalue weighted by Crippen LogP contribution is -2.31. The van der Waals surface area contributed by atoms with Crippen LogP contribution in [-0.4, -0.2) is 36.0 Å². The normalized spacial score (nSPS) is 15.8. The molecule has 0 aliphatic heterocycles. The molecule has 100 valence electrons. The number of nitrogens with one attached hydrogen (secondary N) is 1. The van der Waals surface area contributed by atoms with Crippen LogP contribution in [0, 0.1) is 0 Å². The summed E-state index contributed by atoms with van der Waals surface area (Å²) in [6.45, 7) is -0.414. The minimum atomic E-state index is -4.23. The van der Waals surface area contributed by atoms with Crippen LogP contribution in [0.15, 0.2) is 12.1 Å². The molecular weight excluding hydrogens is 245 g/mol. The molecule has 0 spiro atoms. The van der Waals surface area contributed by atoms with Crippen LogP contribution < -0.4 is 10.2 Å². The fraction of sp³-hybridized carbons (Fsp3) is 0.636. The van der Waals surface area contributed by atoms with Gasteiger partial charge >= 0.3 is 6.18 Å². The molecule has 0 unspecified atom stereocenters. The second kappa shape index (κ2) is 5.09. The molecule has 1 aromatic heterocycles. The topological polar surface area (TPSA) is 41.0 Å². The molecule has 7 heteroatoms. The molecule has 1 aliphatic rings. The van der Waals surface area contributed by atoms with E-state index in [1.54, 1.807) is 12.1 Å². The van der Waals surface area contributed by atoms with E-state index in [2.05, 4.69) is 15.5 Å². The van der Waals surface area contributed by atoms with Crippen molar-refractivity contribution in [3.8, 4) is 0 Å². The molecule has 0 saturated heterocycles. The van der Waals surface area contributed by atoms with Crippen LogP contribution in [-0.2, 0) is 6.54 Å². The number of hydrogen-bond donors (Lipinski definition) is 1. The van der Waals surface area contributed by atoms with Crippen LogP contribution >= 0.6 is 0 Å². The molecule has 1 aromatic rings. The Kier molecular flexibility index (Phi) is 3.70. The first-order chi connectivity index (χ1) is 8.44. The van der Waals surface area contributed by atoms with Gasteiger partial charge in [0.25, 0.3) is 0 Å². The van der Waals surface area contributed by atoms with E-state index in [1.807, 2.05) is 0 Å². The SMILES string of the molecule is CN(CC(F)(F)F)c1ccc(CNC2CC2)nn1. The van der Waals surface area contributed by atoms with Gasteiger partial charge in [-0.05, 0) is 25.0 Å². The van der Waals surface area contributed by atoms with Gasteiger partial charge in [-0.1, -0.05) is 0 Å². The zero-order valence-corrected chi connectivity index (χ0v) is 10.0. The monoisotopic (exact) mass is 260 g/mol. The Bertz CT molecular complexity index is 386. The molecule has 1 fully saturated rings. The van der Waals surface area contributed by atoms with Crippen molar-refractivity contribution in [3.63, 3.8) is 0 Å². The smallest absolute Gasteiger partial charge is 0.349 e. The average molecular weight is 260 g/mol. The summed E-state index contributed by atoms with van der Waals surface area (Å²) in [4.78, 5) is 1.03. The van der Waals surface area contributed by atoms with Crippen molar-refractivity contribution >= 4 is 5.82 Å². The van der Waals surface area contributed by atoms with Gasteiger partial charge in [-0.15, -0.1) is 5.10 Å². The molecule has 0 atom stereocenters. The van der Waals surface area contributed by atoms with E-state index in [-0.39, 0.29) is 5.82 Å². The van der Waals surface area contributed by atoms with Crippen LogP contribution in [0.1, 0.15) is 18.5 Å². The largest absolute Gasteiger partial charge is 0.405 e. The van der Waals surface area contributed by atoms with Crippen LogP contribution in [0.5, 0.6) is 0 Å². The molecule has 0 amide bonds. The maximum Gasteiger partial charge on any atom is 0.405 e. The first-order valence-corrected chi connectivity index (χ1v) is 5.78. The van der Waals surface area contributed by atoms with Crippen LogP contribution in [0.25, 0.3) is 0 Å². The molecule has 1 heterocycles. The van der Waals surface area contributed by atoms with E-state index >= 15 is 0 Å². The molecule has 0 aromatic carbocycles. The second-order valence-electron chi connectivity index (χ2n) is 4.51. The second-order valence-corrected chi connectivity index (χ2v) is 4.51. The van der Waals surface area contributed by atoms with Gasteiger partial charge in [-0.2, -0.15) is 18.3 Å². The third kappa shape index (κ3) is 4.14. The molecule has 1 saturated carbocycles. The number of aromatic nitrogens is 2. The van der Waals surface area contributed by atoms with E-state index in [0.29, 0.717) is 12.6 Å². The van der Waals surface area contributed by atoms with E-state index in [9.17, 15) is 13.2 Å². The predicted octanol–water partition coefficient (Wildman–Crippen LogP) is 1.73. The number of hydrogen-bond acceptors (Lipinski definition) is 4. The number of alkyl halides is 3. The minimum absolute atomic E-state index is 0.225. The van der Waals surface area contributed by atoms with Crippen molar-refractivity contribution in [2.24, 2.45) is 0 Å². The molecular formula is C11H15F3N4. The van der Waals surface area contributed by atoms with Crippen molar-refractivity contribution in [1.82, 2.24) is 15.5 Å². The summed E-state index contributed by atoms with van der Waals surface area (Å²) in [5.74, 6) is 0.225. The van der Waals surface area contributed by atoms with Gasteiger partial charge in [0, 0.05) is 19.6 Å². The Morgan fingerprint density at radius 3 is 2.56 bits per heavy atom. The molecule has 1 N–H and O–H groups in total. The van der Waals surface area contributed by atoms with Crippen LogP contribution in [0.2, 0.25) is 0 Å². The summed E-state index contributed by atoms with van der Waals surface area (Å²) in [5.41, 5.74) is 0.742. The molecule has 1 aliphatic carbocycles. The number of nitrogens with zero attached hydrogens (tertiary/aromatic N) is 3. The maximum atomic E-state index is 12.2. The predicted molar refractivity (Wildman–Crippen MR) is 61.2 cm³/mol. The molecule has 4 nitrogen and oxygen atoms in total. The molecule has 2 rings (SSSR count). The number of anilines is 1. The first-order valence-electron chi connectivity index (χ1n) is 5.78. The summed E-state index contributed by atoms with van der Waals surface area (Å²) in [6.07, 6.45) is -1.87. The Balaban J connectivity index is 1.89. The summed E-state index contributed by atoms with van der Waals surface area (Å²) >= 11 is 0. The lowest BCUT2D eigenvalue weighted by molar-refractivity contribution is -0.119. The van der Waals surface area contributed by atoms with Crippen molar-refractivity contribution in [3.05, 3.63) is 17.8 Å². The summed E-state index contributed by atoms with van der Waals surface area (Å²) in [5, 5.41) is 11.0. The van der Waals surface area contributed by atoms with Crippen LogP contribution in [0.3, 0.4) is 0 Å². The zero-order chi connectivity index (χ0) is 13.2. The van der Waals surface area contributed by atoms with E-state index in [0.717, 1.165) is 10.6 Å². The Morgan fingerprint density at radius 1 is 1.33 bits per heavy atom. The quantitative estimate of drug-likeness (QED) is 0.875. The highest BCUT2D eigenvalue weighted by Crippen LogP contribution is 2.20. The number of halogens is 3. The maximum absolute atomic E-state index is 12.2. The fourth-order valence-electron chi connectivity index (χ4n) is 1.54. The standard InChI is InChI=1S/C11H15F3N4/c1-18(7-11(12,13)14)10-5-4-9(16-17-10)6-15-8-2-3-8/h4-5,8,15H,2-3,6-7H2,1H3. The third-order valence-electron chi connectivity index (χ3n) is 2.66. The van der Waals surface area contributed by atoms with Gasteiger partial charge in [0.15, 0.2) is 5.82 Å². The van der Waals surface area contributed by atoms with E-state index < -0.39 is 12.7 Å². The molecule has 0 bridgehead atoms. The van der Waals surface area contributed by atoms with Gasteiger partial charge in [-0.3, -0.25) is 0 Å². The van der Waals surface area contributed by atoms with Gasteiger partial charge in [0.2, 0.25) is 0 Å². The lowest BCUT2D eigenvalue weighted by Gasteiger charge is -2.19. The Morgan fingerprint density at radius 2 is 2.06 bits per heavy atom. The van der Waals surface area contributed by atoms with E-state index in [1.165, 1.54) is 19.9 Å². The fourth-order valence-corrected chi connectivity index (χ4v) is 1.54. The average Bonchev–Trinajstić information content (AvgIpc) is 3.08. The van der Waals surface area contributed by atoms with Gasteiger partial charge in [0.1, 0.15) is 6.54 Å². The first kappa shape index (κ1) is 13.1. The van der Waals surface area contributed by atoms with Crippen molar-refractivity contribution < 1.29 is 13.2 Å². The summed E-state index contributed by atoms with van der Waals surface area (Å²) in [7, 11) is 1.35. The Hall–Kier alpha value is -1.37. The third-order valence-corrected chi connectivity index (χ3v) is 2.66. The molecule has 18 heavy (non-hydrogen) atoms. The highest BCUT2D eigenvalue weighted by Gasteiger charge is 2.29. The summed E-state index contributed by atoms with van der Waals surface area (Å²) < 4.78 is 36.6. The van der Waals surface area contributed by atoms with Crippen LogP contribution in [0.4, 0.5) is 19.0 Å². The van der Waals surface area contributed by atoms with E-state index in [4.69, 9.17) is 0 Å². The molecule has 0 radical (unpaired) electrons. The minimum Gasteiger partial charge on any atom is -0.349 e. The van der Waals surface area contributed by atoms with Gasteiger partial charge in [-0.25, -0.2) is 0 Å². The zero-order valence-electron chi connectivity index (χ0n) is 10.0.